The summed E-state index contributed by atoms with van der Waals surface area (Å²) in [5.41, 5.74) is 0.692. The Balaban J connectivity index is 1.32. The molecule has 0 aliphatic carbocycles. The molecule has 1 amide bonds. The van der Waals surface area contributed by atoms with Crippen LogP contribution in [0, 0.1) is 21.7 Å². The molecule has 10 heteroatoms. The van der Waals surface area contributed by atoms with E-state index >= 15 is 0 Å². The van der Waals surface area contributed by atoms with Crippen LogP contribution in [0.25, 0.3) is 11.3 Å². The molecule has 0 atom stereocenters. The zero-order valence-electron chi connectivity index (χ0n) is 17.0. The SMILES string of the molecule is O=C(CCc1ncc(-c2ccc(F)cc2F)o1)N1CCN(c2ccccc2[N+](=O)[O-])CC1. The third kappa shape index (κ3) is 4.58. The van der Waals surface area contributed by atoms with Gasteiger partial charge in [-0.25, -0.2) is 13.8 Å². The van der Waals surface area contributed by atoms with Gasteiger partial charge in [0, 0.05) is 51.2 Å². The summed E-state index contributed by atoms with van der Waals surface area (Å²) in [7, 11) is 0. The molecule has 1 saturated heterocycles. The van der Waals surface area contributed by atoms with E-state index in [0.29, 0.717) is 31.9 Å². The van der Waals surface area contributed by atoms with E-state index in [0.717, 1.165) is 12.1 Å². The number of rotatable bonds is 6. The Morgan fingerprint density at radius 2 is 1.88 bits per heavy atom. The number of halogens is 2. The fourth-order valence-electron chi connectivity index (χ4n) is 3.69. The van der Waals surface area contributed by atoms with Crippen molar-refractivity contribution in [2.24, 2.45) is 0 Å². The molecular weight excluding hydrogens is 422 g/mol. The van der Waals surface area contributed by atoms with Crippen LogP contribution < -0.4 is 4.90 Å². The second kappa shape index (κ2) is 9.13. The summed E-state index contributed by atoms with van der Waals surface area (Å²) in [6.45, 7) is 1.87. The minimum absolute atomic E-state index is 0.0459. The fourth-order valence-corrected chi connectivity index (χ4v) is 3.69. The van der Waals surface area contributed by atoms with E-state index in [1.54, 1.807) is 23.1 Å². The maximum absolute atomic E-state index is 13.9. The number of hydrogen-bond donors (Lipinski definition) is 0. The van der Waals surface area contributed by atoms with Crippen molar-refractivity contribution >= 4 is 17.3 Å². The van der Waals surface area contributed by atoms with Crippen molar-refractivity contribution in [3.8, 4) is 11.3 Å². The Kier molecular flexibility index (Phi) is 6.11. The molecule has 1 aliphatic heterocycles. The summed E-state index contributed by atoms with van der Waals surface area (Å²) in [6.07, 6.45) is 1.75. The Morgan fingerprint density at radius 1 is 1.12 bits per heavy atom. The highest BCUT2D eigenvalue weighted by molar-refractivity contribution is 5.77. The van der Waals surface area contributed by atoms with E-state index < -0.39 is 16.6 Å². The first-order chi connectivity index (χ1) is 15.4. The van der Waals surface area contributed by atoms with Gasteiger partial charge in [-0.3, -0.25) is 14.9 Å². The number of nitrogens with zero attached hydrogens (tertiary/aromatic N) is 4. The van der Waals surface area contributed by atoms with Crippen molar-refractivity contribution in [3.05, 3.63) is 76.3 Å². The van der Waals surface area contributed by atoms with Crippen LogP contribution in [-0.2, 0) is 11.2 Å². The predicted molar refractivity (Wildman–Crippen MR) is 112 cm³/mol. The quantitative estimate of drug-likeness (QED) is 0.426. The molecule has 4 rings (SSSR count). The van der Waals surface area contributed by atoms with E-state index in [9.17, 15) is 23.7 Å². The zero-order chi connectivity index (χ0) is 22.7. The minimum atomic E-state index is -0.750. The molecule has 1 aromatic heterocycles. The molecule has 0 spiro atoms. The number of benzene rings is 2. The monoisotopic (exact) mass is 442 g/mol. The van der Waals surface area contributed by atoms with Gasteiger partial charge in [-0.05, 0) is 18.2 Å². The number of carbonyl (C=O) groups excluding carboxylic acids is 1. The van der Waals surface area contributed by atoms with Crippen molar-refractivity contribution in [2.45, 2.75) is 12.8 Å². The molecule has 166 valence electrons. The van der Waals surface area contributed by atoms with Gasteiger partial charge in [0.05, 0.1) is 16.7 Å². The van der Waals surface area contributed by atoms with Gasteiger partial charge in [0.1, 0.15) is 17.3 Å². The molecule has 0 unspecified atom stereocenters. The lowest BCUT2D eigenvalue weighted by molar-refractivity contribution is -0.384. The van der Waals surface area contributed by atoms with Crippen LogP contribution in [0.3, 0.4) is 0 Å². The van der Waals surface area contributed by atoms with Crippen molar-refractivity contribution in [1.29, 1.82) is 0 Å². The Morgan fingerprint density at radius 3 is 2.59 bits per heavy atom. The maximum Gasteiger partial charge on any atom is 0.292 e. The van der Waals surface area contributed by atoms with E-state index in [1.165, 1.54) is 18.3 Å². The average molecular weight is 442 g/mol. The van der Waals surface area contributed by atoms with Crippen LogP contribution in [0.2, 0.25) is 0 Å². The standard InChI is InChI=1S/C22H20F2N4O4/c23-15-5-6-16(17(24)13-15)20-14-25-21(32-20)7-8-22(29)27-11-9-26(10-12-27)18-3-1-2-4-19(18)28(30)31/h1-6,13-14H,7-12H2. The van der Waals surface area contributed by atoms with Crippen molar-refractivity contribution in [2.75, 3.05) is 31.1 Å². The summed E-state index contributed by atoms with van der Waals surface area (Å²) >= 11 is 0. The first-order valence-corrected chi connectivity index (χ1v) is 10.1. The highest BCUT2D eigenvalue weighted by atomic mass is 19.1. The molecule has 0 radical (unpaired) electrons. The Bertz CT molecular complexity index is 1140. The number of piperazine rings is 1. The molecular formula is C22H20F2N4O4. The zero-order valence-corrected chi connectivity index (χ0v) is 17.0. The van der Waals surface area contributed by atoms with Crippen LogP contribution in [-0.4, -0.2) is 46.9 Å². The van der Waals surface area contributed by atoms with Crippen molar-refractivity contribution < 1.29 is 22.9 Å². The third-order valence-electron chi connectivity index (χ3n) is 5.35. The minimum Gasteiger partial charge on any atom is -0.441 e. The van der Waals surface area contributed by atoms with Crippen LogP contribution in [0.1, 0.15) is 12.3 Å². The highest BCUT2D eigenvalue weighted by Gasteiger charge is 2.25. The number of hydrogen-bond acceptors (Lipinski definition) is 6. The lowest BCUT2D eigenvalue weighted by atomic mass is 10.2. The summed E-state index contributed by atoms with van der Waals surface area (Å²) < 4.78 is 32.5. The summed E-state index contributed by atoms with van der Waals surface area (Å²) in [4.78, 5) is 31.1. The van der Waals surface area contributed by atoms with Crippen LogP contribution in [0.15, 0.2) is 53.1 Å². The Labute approximate surface area is 182 Å². The van der Waals surface area contributed by atoms with Gasteiger partial charge >= 0.3 is 0 Å². The van der Waals surface area contributed by atoms with Gasteiger partial charge in [0.2, 0.25) is 5.91 Å². The molecule has 0 bridgehead atoms. The fraction of sp³-hybridized carbons (Fsp3) is 0.273. The van der Waals surface area contributed by atoms with Gasteiger partial charge < -0.3 is 14.2 Å². The molecule has 0 N–H and O–H groups in total. The number of aromatic nitrogens is 1. The van der Waals surface area contributed by atoms with Gasteiger partial charge in [0.25, 0.3) is 5.69 Å². The summed E-state index contributed by atoms with van der Waals surface area (Å²) in [6, 6.07) is 9.73. The number of aryl methyl sites for hydroxylation is 1. The van der Waals surface area contributed by atoms with Crippen LogP contribution >= 0.6 is 0 Å². The average Bonchev–Trinajstić information content (AvgIpc) is 3.26. The molecule has 32 heavy (non-hydrogen) atoms. The smallest absolute Gasteiger partial charge is 0.292 e. The first-order valence-electron chi connectivity index (χ1n) is 10.1. The Hall–Kier alpha value is -3.82. The number of nitro benzene ring substituents is 1. The summed E-state index contributed by atoms with van der Waals surface area (Å²) in [5, 5.41) is 11.2. The van der Waals surface area contributed by atoms with Crippen LogP contribution in [0.5, 0.6) is 0 Å². The highest BCUT2D eigenvalue weighted by Crippen LogP contribution is 2.28. The molecule has 0 saturated carbocycles. The third-order valence-corrected chi connectivity index (χ3v) is 5.35. The number of amides is 1. The predicted octanol–water partition coefficient (Wildman–Crippen LogP) is 3.81. The topological polar surface area (TPSA) is 92.7 Å². The number of anilines is 1. The van der Waals surface area contributed by atoms with E-state index in [1.807, 2.05) is 4.90 Å². The van der Waals surface area contributed by atoms with Crippen molar-refractivity contribution in [1.82, 2.24) is 9.88 Å². The number of para-hydroxylation sites is 2. The summed E-state index contributed by atoms with van der Waals surface area (Å²) in [5.74, 6) is -1.06. The lowest BCUT2D eigenvalue weighted by Crippen LogP contribution is -2.49. The molecule has 8 nitrogen and oxygen atoms in total. The number of oxazole rings is 1. The molecule has 2 aromatic carbocycles. The van der Waals surface area contributed by atoms with E-state index in [-0.39, 0.29) is 41.7 Å². The second-order valence-electron chi connectivity index (χ2n) is 7.36. The van der Waals surface area contributed by atoms with Crippen LogP contribution in [0.4, 0.5) is 20.2 Å². The lowest BCUT2D eigenvalue weighted by Gasteiger charge is -2.35. The number of nitro groups is 1. The van der Waals surface area contributed by atoms with E-state index in [4.69, 9.17) is 4.42 Å². The molecule has 1 fully saturated rings. The molecule has 2 heterocycles. The normalized spacial score (nSPS) is 13.9. The van der Waals surface area contributed by atoms with Gasteiger partial charge in [-0.15, -0.1) is 0 Å². The first kappa shape index (κ1) is 21.4. The van der Waals surface area contributed by atoms with E-state index in [2.05, 4.69) is 4.98 Å². The molecule has 1 aliphatic rings. The number of carbonyl (C=O) groups is 1. The van der Waals surface area contributed by atoms with Gasteiger partial charge in [-0.2, -0.15) is 0 Å². The second-order valence-corrected chi connectivity index (χ2v) is 7.36. The molecule has 3 aromatic rings. The van der Waals surface area contributed by atoms with Crippen molar-refractivity contribution in [3.63, 3.8) is 0 Å². The largest absolute Gasteiger partial charge is 0.441 e. The van der Waals surface area contributed by atoms with Gasteiger partial charge in [-0.1, -0.05) is 12.1 Å². The van der Waals surface area contributed by atoms with Gasteiger partial charge in [0.15, 0.2) is 11.7 Å². The maximum atomic E-state index is 13.9.